The van der Waals surface area contributed by atoms with Gasteiger partial charge in [0.25, 0.3) is 0 Å². The molecule has 57 heavy (non-hydrogen) atoms. The fraction of sp³-hybridized carbons (Fsp3) is 0.900. The van der Waals surface area contributed by atoms with Crippen molar-refractivity contribution >= 4 is 23.6 Å². The van der Waals surface area contributed by atoms with Crippen molar-refractivity contribution in [3.63, 3.8) is 0 Å². The van der Waals surface area contributed by atoms with Crippen LogP contribution in [0.3, 0.4) is 0 Å². The first-order valence-corrected chi connectivity index (χ1v) is 20.9. The van der Waals surface area contributed by atoms with Crippen LogP contribution < -0.4 is 10.6 Å². The Kier molecular flexibility index (Phi) is 18.6. The summed E-state index contributed by atoms with van der Waals surface area (Å²) in [5, 5.41) is 69.4. The van der Waals surface area contributed by atoms with E-state index in [2.05, 4.69) is 10.6 Å². The highest BCUT2D eigenvalue weighted by atomic mass is 16.7. The topological polar surface area (TPSA) is 260 Å². The smallest absolute Gasteiger partial charge is 0.332 e. The van der Waals surface area contributed by atoms with Crippen LogP contribution >= 0.6 is 0 Å². The zero-order chi connectivity index (χ0) is 42.0. The van der Waals surface area contributed by atoms with Crippen molar-refractivity contribution in [2.24, 2.45) is 23.7 Å². The summed E-state index contributed by atoms with van der Waals surface area (Å²) in [4.78, 5) is 51.2. The first kappa shape index (κ1) is 47.4. The Morgan fingerprint density at radius 3 is 2.19 bits per heavy atom. The Morgan fingerprint density at radius 1 is 0.877 bits per heavy atom. The highest BCUT2D eigenvalue weighted by Crippen LogP contribution is 2.40. The molecule has 6 unspecified atom stereocenters. The fourth-order valence-electron chi connectivity index (χ4n) is 8.76. The van der Waals surface area contributed by atoms with Gasteiger partial charge < -0.3 is 65.0 Å². The van der Waals surface area contributed by atoms with Gasteiger partial charge in [-0.1, -0.05) is 59.3 Å². The number of carboxylic acid groups (broad SMARTS) is 1. The van der Waals surface area contributed by atoms with E-state index in [-0.39, 0.29) is 48.7 Å². The molecule has 2 saturated carbocycles. The van der Waals surface area contributed by atoms with E-state index in [1.165, 1.54) is 13.8 Å². The second-order valence-corrected chi connectivity index (χ2v) is 16.9. The van der Waals surface area contributed by atoms with Gasteiger partial charge in [-0.15, -0.1) is 0 Å². The Morgan fingerprint density at radius 2 is 1.58 bits per heavy atom. The molecule has 17 nitrogen and oxygen atoms in total. The van der Waals surface area contributed by atoms with Gasteiger partial charge in [0.05, 0.1) is 24.9 Å². The molecule has 0 spiro atoms. The number of hydrogen-bond donors (Lipinski definition) is 8. The summed E-state index contributed by atoms with van der Waals surface area (Å²) in [5.41, 5.74) is 0. The van der Waals surface area contributed by atoms with Crippen molar-refractivity contribution in [3.05, 3.63) is 0 Å². The average molecular weight is 817 g/mol. The number of nitrogens with one attached hydrogen (secondary N) is 2. The Bertz CT molecular complexity index is 1300. The molecular formula is C40H68N2O15. The monoisotopic (exact) mass is 816 g/mol. The molecule has 328 valence electrons. The number of carbonyl (C=O) groups excluding carboxylic acids is 3. The van der Waals surface area contributed by atoms with Gasteiger partial charge in [-0.05, 0) is 50.4 Å². The Balaban J connectivity index is 1.62. The predicted octanol–water partition coefficient (Wildman–Crippen LogP) is 0.924. The largest absolute Gasteiger partial charge is 0.479 e. The molecule has 2 amide bonds. The van der Waals surface area contributed by atoms with E-state index in [0.29, 0.717) is 32.2 Å². The van der Waals surface area contributed by atoms with Crippen molar-refractivity contribution in [3.8, 4) is 0 Å². The number of carbonyl (C=O) groups is 4. The third-order valence-electron chi connectivity index (χ3n) is 11.9. The van der Waals surface area contributed by atoms with Crippen LogP contribution in [0.25, 0.3) is 0 Å². The number of aliphatic carboxylic acids is 1. The minimum atomic E-state index is -1.64. The van der Waals surface area contributed by atoms with Crippen LogP contribution in [-0.4, -0.2) is 147 Å². The number of amides is 2. The second-order valence-electron chi connectivity index (χ2n) is 16.9. The van der Waals surface area contributed by atoms with Crippen molar-refractivity contribution in [1.82, 2.24) is 10.6 Å². The summed E-state index contributed by atoms with van der Waals surface area (Å²) in [6, 6.07) is -1.28. The first-order valence-electron chi connectivity index (χ1n) is 20.9. The van der Waals surface area contributed by atoms with Crippen LogP contribution in [0.4, 0.5) is 0 Å². The number of Topliss-reactive ketones (excluding diaryl/α,β-unsaturated/α-hetero) is 1. The second kappa shape index (κ2) is 22.3. The van der Waals surface area contributed by atoms with Crippen LogP contribution in [0.1, 0.15) is 112 Å². The van der Waals surface area contributed by atoms with Crippen LogP contribution in [0.15, 0.2) is 0 Å². The average Bonchev–Trinajstić information content (AvgIpc) is 3.16. The Labute approximate surface area is 335 Å². The lowest BCUT2D eigenvalue weighted by molar-refractivity contribution is -0.338. The summed E-state index contributed by atoms with van der Waals surface area (Å²) in [6.45, 7) is 8.17. The number of aliphatic hydroxyl groups is 5. The van der Waals surface area contributed by atoms with E-state index in [0.717, 1.165) is 32.1 Å². The van der Waals surface area contributed by atoms with Gasteiger partial charge in [0.2, 0.25) is 11.8 Å². The highest BCUT2D eigenvalue weighted by molar-refractivity contribution is 5.81. The number of ether oxygens (including phenoxy) is 5. The van der Waals surface area contributed by atoms with Crippen LogP contribution in [0.5, 0.6) is 0 Å². The SMILES string of the molecule is CCC1CC(C(=O)CCCNC(=O)CC(C)C)C[C@@H](O[C@@H]2O[C@@H](CO)[C@H](O)C(O[C@@H](CC3CCCCC3)C(=O)O)C2NC(C)=O)[C@@H]1O[C@@H]1OC(C)[C@@H](O)[C@H](O)C1O. The lowest BCUT2D eigenvalue weighted by Crippen LogP contribution is -2.67. The van der Waals surface area contributed by atoms with Gasteiger partial charge in [-0.25, -0.2) is 4.79 Å². The molecule has 17 heteroatoms. The third kappa shape index (κ3) is 13.1. The Hall–Kier alpha value is -2.32. The maximum Gasteiger partial charge on any atom is 0.332 e. The number of aliphatic hydroxyl groups excluding tert-OH is 5. The molecular weight excluding hydrogens is 748 g/mol. The zero-order valence-electron chi connectivity index (χ0n) is 34.1. The molecule has 0 radical (unpaired) electrons. The van der Waals surface area contributed by atoms with Gasteiger partial charge in [0.15, 0.2) is 18.7 Å². The van der Waals surface area contributed by atoms with Crippen molar-refractivity contribution < 1.29 is 73.5 Å². The molecule has 4 fully saturated rings. The number of carboxylic acids is 1. The quantitative estimate of drug-likeness (QED) is 0.0844. The summed E-state index contributed by atoms with van der Waals surface area (Å²) >= 11 is 0. The fourth-order valence-corrected chi connectivity index (χ4v) is 8.76. The zero-order valence-corrected chi connectivity index (χ0v) is 34.1. The molecule has 4 rings (SSSR count). The standard InChI is InChI=1S/C40H68N2O15/c1-6-24-17-25(26(45)13-10-14-41-30(46)15-20(2)3)18-27(36(24)57-40-35(50)34(49)32(47)21(4)53-40)55-39-31(42-22(5)44)37(33(48)29(19-43)56-39)54-28(38(51)52)16-23-11-8-7-9-12-23/h20-21,23-25,27-29,31-37,39-40,43,47-50H,6-19H2,1-5H3,(H,41,46)(H,42,44)(H,51,52)/t21?,24?,25?,27-,28+,29+,31?,32-,33+,34+,35?,36-,37?,39-,40+/m1/s1. The van der Waals surface area contributed by atoms with E-state index in [4.69, 9.17) is 23.7 Å². The van der Waals surface area contributed by atoms with Crippen LogP contribution in [0.2, 0.25) is 0 Å². The highest BCUT2D eigenvalue weighted by Gasteiger charge is 2.52. The summed E-state index contributed by atoms with van der Waals surface area (Å²) in [6.07, 6.45) is -9.13. The van der Waals surface area contributed by atoms with Gasteiger partial charge >= 0.3 is 5.97 Å². The van der Waals surface area contributed by atoms with Gasteiger partial charge in [0.1, 0.15) is 48.4 Å². The lowest BCUT2D eigenvalue weighted by atomic mass is 9.74. The molecule has 0 aromatic carbocycles. The van der Waals surface area contributed by atoms with E-state index >= 15 is 0 Å². The predicted molar refractivity (Wildman–Crippen MR) is 202 cm³/mol. The lowest BCUT2D eigenvalue weighted by Gasteiger charge is -2.49. The number of ketones is 1. The summed E-state index contributed by atoms with van der Waals surface area (Å²) in [5.74, 6) is -2.59. The molecule has 0 aromatic heterocycles. The maximum atomic E-state index is 13.8. The van der Waals surface area contributed by atoms with E-state index in [1.54, 1.807) is 0 Å². The minimum absolute atomic E-state index is 0.0698. The molecule has 2 heterocycles. The number of hydrogen-bond acceptors (Lipinski definition) is 14. The summed E-state index contributed by atoms with van der Waals surface area (Å²) < 4.78 is 31.1. The van der Waals surface area contributed by atoms with Gasteiger partial charge in [0, 0.05) is 32.2 Å². The molecule has 8 N–H and O–H groups in total. The molecule has 4 aliphatic rings. The molecule has 15 atom stereocenters. The minimum Gasteiger partial charge on any atom is -0.479 e. The van der Waals surface area contributed by atoms with Gasteiger partial charge in [-0.3, -0.25) is 14.4 Å². The van der Waals surface area contributed by atoms with E-state index in [1.807, 2.05) is 20.8 Å². The maximum absolute atomic E-state index is 13.8. The molecule has 2 aliphatic heterocycles. The van der Waals surface area contributed by atoms with Gasteiger partial charge in [-0.2, -0.15) is 0 Å². The molecule has 2 aliphatic carbocycles. The molecule has 0 bridgehead atoms. The van der Waals surface area contributed by atoms with Crippen molar-refractivity contribution in [2.45, 2.75) is 191 Å². The van der Waals surface area contributed by atoms with Crippen molar-refractivity contribution in [2.75, 3.05) is 13.2 Å². The van der Waals surface area contributed by atoms with Crippen molar-refractivity contribution in [1.29, 1.82) is 0 Å². The summed E-state index contributed by atoms with van der Waals surface area (Å²) in [7, 11) is 0. The van der Waals surface area contributed by atoms with Crippen LogP contribution in [0, 0.1) is 23.7 Å². The third-order valence-corrected chi connectivity index (χ3v) is 11.9. The normalized spacial score (nSPS) is 37.0. The van der Waals surface area contributed by atoms with Crippen LogP contribution in [-0.2, 0) is 42.9 Å². The molecule has 2 saturated heterocycles. The van der Waals surface area contributed by atoms with E-state index < -0.39 is 104 Å². The van der Waals surface area contributed by atoms with E-state index in [9.17, 15) is 49.8 Å². The molecule has 0 aromatic rings. The first-order chi connectivity index (χ1) is 27.0. The number of rotatable bonds is 19.